The molecule has 7 nitrogen and oxygen atoms in total. The molecule has 0 aromatic carbocycles. The third kappa shape index (κ3) is 3.35. The second kappa shape index (κ2) is 7.41. The summed E-state index contributed by atoms with van der Waals surface area (Å²) in [6, 6.07) is 0. The number of esters is 1. The Bertz CT molecular complexity index is 877. The van der Waals surface area contributed by atoms with E-state index in [4.69, 9.17) is 4.74 Å². The van der Waals surface area contributed by atoms with Crippen molar-refractivity contribution >= 4 is 55.8 Å². The zero-order valence-corrected chi connectivity index (χ0v) is 15.8. The summed E-state index contributed by atoms with van der Waals surface area (Å²) in [5, 5.41) is 13.8. The van der Waals surface area contributed by atoms with Crippen molar-refractivity contribution in [2.45, 2.75) is 30.1 Å². The van der Waals surface area contributed by atoms with Crippen molar-refractivity contribution in [1.29, 1.82) is 0 Å². The van der Waals surface area contributed by atoms with Crippen LogP contribution in [0.1, 0.15) is 29.1 Å². The van der Waals surface area contributed by atoms with Crippen LogP contribution >= 0.6 is 34.4 Å². The fourth-order valence-electron chi connectivity index (χ4n) is 2.06. The van der Waals surface area contributed by atoms with Gasteiger partial charge in [-0.25, -0.2) is 14.8 Å². The number of thiophene rings is 1. The lowest BCUT2D eigenvalue weighted by molar-refractivity contribution is 0.0531. The maximum atomic E-state index is 12.1. The lowest BCUT2D eigenvalue weighted by Crippen LogP contribution is -2.03. The quantitative estimate of drug-likeness (QED) is 0.511. The summed E-state index contributed by atoms with van der Waals surface area (Å²) in [5.74, 6) is -0.320. The number of ether oxygens (including phenoxy) is 1. The Morgan fingerprint density at radius 1 is 1.29 bits per heavy atom. The molecule has 0 saturated carbocycles. The van der Waals surface area contributed by atoms with Gasteiger partial charge < -0.3 is 10.1 Å². The Hall–Kier alpha value is -1.78. The molecule has 24 heavy (non-hydrogen) atoms. The number of anilines is 1. The first-order chi connectivity index (χ1) is 11.6. The lowest BCUT2D eigenvalue weighted by Gasteiger charge is -2.01. The molecule has 0 aliphatic rings. The number of nitrogens with one attached hydrogen (secondary N) is 1. The maximum Gasteiger partial charge on any atom is 0.348 e. The van der Waals surface area contributed by atoms with Crippen molar-refractivity contribution in [3.8, 4) is 0 Å². The van der Waals surface area contributed by atoms with Crippen LogP contribution in [0.4, 0.5) is 5.13 Å². The Labute approximate surface area is 150 Å². The van der Waals surface area contributed by atoms with Crippen LogP contribution in [0.15, 0.2) is 15.7 Å². The monoisotopic (exact) mass is 381 g/mol. The number of hydrogen-bond donors (Lipinski definition) is 1. The number of carbonyl (C=O) groups excluding carboxylic acids is 1. The topological polar surface area (TPSA) is 89.9 Å². The minimum atomic E-state index is -0.320. The molecule has 3 aromatic rings. The van der Waals surface area contributed by atoms with Crippen molar-refractivity contribution < 1.29 is 9.53 Å². The first-order valence-corrected chi connectivity index (χ1v) is 9.75. The number of nitrogens with zero attached hydrogens (tertiary/aromatic N) is 4. The van der Waals surface area contributed by atoms with Crippen LogP contribution in [0.5, 0.6) is 0 Å². The van der Waals surface area contributed by atoms with E-state index < -0.39 is 0 Å². The van der Waals surface area contributed by atoms with Gasteiger partial charge in [0.05, 0.1) is 6.61 Å². The molecule has 1 N–H and O–H groups in total. The summed E-state index contributed by atoms with van der Waals surface area (Å²) in [7, 11) is 0. The van der Waals surface area contributed by atoms with Crippen LogP contribution in [0.3, 0.4) is 0 Å². The molecular weight excluding hydrogens is 366 g/mol. The Kier molecular flexibility index (Phi) is 5.27. The molecule has 3 heterocycles. The molecule has 0 spiro atoms. The van der Waals surface area contributed by atoms with E-state index in [0.29, 0.717) is 11.5 Å². The molecule has 0 saturated heterocycles. The van der Waals surface area contributed by atoms with E-state index in [0.717, 1.165) is 36.8 Å². The maximum absolute atomic E-state index is 12.1. The third-order valence-corrected chi connectivity index (χ3v) is 6.19. The molecule has 0 amide bonds. The zero-order valence-electron chi connectivity index (χ0n) is 13.3. The lowest BCUT2D eigenvalue weighted by atomic mass is 10.2. The summed E-state index contributed by atoms with van der Waals surface area (Å²) in [6.45, 7) is 6.83. The summed E-state index contributed by atoms with van der Waals surface area (Å²) < 4.78 is 5.90. The second-order valence-electron chi connectivity index (χ2n) is 4.64. The highest BCUT2D eigenvalue weighted by Crippen LogP contribution is 2.39. The van der Waals surface area contributed by atoms with Gasteiger partial charge in [-0.1, -0.05) is 11.3 Å². The van der Waals surface area contributed by atoms with Gasteiger partial charge in [-0.15, -0.1) is 21.5 Å². The molecule has 3 rings (SSSR count). The number of aromatic nitrogens is 4. The van der Waals surface area contributed by atoms with E-state index in [1.807, 2.05) is 13.8 Å². The SMILES string of the molecule is CCNc1nnc(Sc2ncnc3sc(C(=O)OCC)c(C)c23)s1. The van der Waals surface area contributed by atoms with E-state index in [9.17, 15) is 4.79 Å². The van der Waals surface area contributed by atoms with Crippen LogP contribution < -0.4 is 5.32 Å². The summed E-state index contributed by atoms with van der Waals surface area (Å²) in [4.78, 5) is 22.1. The highest BCUT2D eigenvalue weighted by molar-refractivity contribution is 8.01. The summed E-state index contributed by atoms with van der Waals surface area (Å²) in [6.07, 6.45) is 1.50. The average Bonchev–Trinajstić information content (AvgIpc) is 3.13. The predicted molar refractivity (Wildman–Crippen MR) is 96.3 cm³/mol. The van der Waals surface area contributed by atoms with Gasteiger partial charge in [0.1, 0.15) is 21.1 Å². The molecule has 126 valence electrons. The molecule has 0 unspecified atom stereocenters. The van der Waals surface area contributed by atoms with Crippen molar-refractivity contribution in [2.75, 3.05) is 18.5 Å². The van der Waals surface area contributed by atoms with Crippen LogP contribution in [-0.4, -0.2) is 39.3 Å². The van der Waals surface area contributed by atoms with Crippen molar-refractivity contribution in [2.24, 2.45) is 0 Å². The molecule has 3 aromatic heterocycles. The van der Waals surface area contributed by atoms with Gasteiger partial charge in [-0.05, 0) is 38.1 Å². The average molecular weight is 382 g/mol. The van der Waals surface area contributed by atoms with Gasteiger partial charge in [0, 0.05) is 11.9 Å². The van der Waals surface area contributed by atoms with Gasteiger partial charge in [0.2, 0.25) is 5.13 Å². The predicted octanol–water partition coefficient (Wildman–Crippen LogP) is 3.61. The fraction of sp³-hybridized carbons (Fsp3) is 0.357. The van der Waals surface area contributed by atoms with Crippen LogP contribution in [-0.2, 0) is 4.74 Å². The van der Waals surface area contributed by atoms with Gasteiger partial charge in [-0.2, -0.15) is 0 Å². The first kappa shape index (κ1) is 17.1. The smallest absolute Gasteiger partial charge is 0.348 e. The van der Waals surface area contributed by atoms with Crippen LogP contribution in [0.25, 0.3) is 10.2 Å². The molecular formula is C14H15N5O2S3. The number of hydrogen-bond acceptors (Lipinski definition) is 10. The molecule has 0 aliphatic carbocycles. The van der Waals surface area contributed by atoms with Crippen molar-refractivity contribution in [1.82, 2.24) is 20.2 Å². The molecule has 0 fully saturated rings. The number of aryl methyl sites for hydroxylation is 1. The summed E-state index contributed by atoms with van der Waals surface area (Å²) in [5.41, 5.74) is 0.841. The molecule has 0 bridgehead atoms. The van der Waals surface area contributed by atoms with Crippen molar-refractivity contribution in [3.05, 3.63) is 16.8 Å². The minimum Gasteiger partial charge on any atom is -0.462 e. The molecule has 0 aliphatic heterocycles. The number of carbonyl (C=O) groups is 1. The number of fused-ring (bicyclic) bond motifs is 1. The van der Waals surface area contributed by atoms with Crippen LogP contribution in [0.2, 0.25) is 0 Å². The van der Waals surface area contributed by atoms with E-state index in [1.54, 1.807) is 6.92 Å². The first-order valence-electron chi connectivity index (χ1n) is 7.30. The standard InChI is InChI=1S/C14H15N5O2S3/c1-4-15-13-18-19-14(24-13)23-11-8-7(3)9(12(20)21-5-2)22-10(8)16-6-17-11/h6H,4-5H2,1-3H3,(H,15,18). The van der Waals surface area contributed by atoms with E-state index in [2.05, 4.69) is 25.5 Å². The van der Waals surface area contributed by atoms with Gasteiger partial charge >= 0.3 is 5.97 Å². The van der Waals surface area contributed by atoms with E-state index in [1.165, 1.54) is 40.8 Å². The highest BCUT2D eigenvalue weighted by atomic mass is 32.2. The fourth-order valence-corrected chi connectivity index (χ4v) is 5.06. The van der Waals surface area contributed by atoms with Crippen molar-refractivity contribution in [3.63, 3.8) is 0 Å². The molecule has 10 heteroatoms. The number of rotatable bonds is 6. The molecule has 0 atom stereocenters. The van der Waals surface area contributed by atoms with E-state index in [-0.39, 0.29) is 5.97 Å². The zero-order chi connectivity index (χ0) is 17.1. The normalized spacial score (nSPS) is 11.0. The van der Waals surface area contributed by atoms with E-state index >= 15 is 0 Å². The highest BCUT2D eigenvalue weighted by Gasteiger charge is 2.21. The second-order valence-corrected chi connectivity index (χ2v) is 7.85. The summed E-state index contributed by atoms with van der Waals surface area (Å²) >= 11 is 4.22. The minimum absolute atomic E-state index is 0.320. The van der Waals surface area contributed by atoms with Gasteiger partial charge in [0.25, 0.3) is 0 Å². The Morgan fingerprint density at radius 2 is 2.12 bits per heavy atom. The Morgan fingerprint density at radius 3 is 2.88 bits per heavy atom. The largest absolute Gasteiger partial charge is 0.462 e. The van der Waals surface area contributed by atoms with Gasteiger partial charge in [-0.3, -0.25) is 0 Å². The third-order valence-electron chi connectivity index (χ3n) is 3.07. The van der Waals surface area contributed by atoms with Crippen LogP contribution in [0, 0.1) is 6.92 Å². The molecule has 0 radical (unpaired) electrons. The van der Waals surface area contributed by atoms with Gasteiger partial charge in [0.15, 0.2) is 4.34 Å². The Balaban J connectivity index is 1.97.